The summed E-state index contributed by atoms with van der Waals surface area (Å²) in [5.41, 5.74) is 7.57. The van der Waals surface area contributed by atoms with Gasteiger partial charge in [0.25, 0.3) is 0 Å². The van der Waals surface area contributed by atoms with E-state index in [0.717, 1.165) is 11.3 Å². The minimum atomic E-state index is 0.456. The molecule has 1 fully saturated rings. The molecule has 0 aromatic heterocycles. The minimum absolute atomic E-state index is 0.456. The summed E-state index contributed by atoms with van der Waals surface area (Å²) in [4.78, 5) is 0.456. The second-order valence-electron chi connectivity index (χ2n) is 3.36. The molecule has 1 aliphatic rings. The first kappa shape index (κ1) is 8.51. The number of hydrogen-bond acceptors (Lipinski definition) is 2. The van der Waals surface area contributed by atoms with Crippen molar-refractivity contribution in [3.8, 4) is 0 Å². The highest BCUT2D eigenvalue weighted by molar-refractivity contribution is 7.80. The molecule has 3 N–H and O–H groups in total. The van der Waals surface area contributed by atoms with Crippen LogP contribution in [0.1, 0.15) is 18.4 Å². The zero-order valence-electron chi connectivity index (χ0n) is 7.29. The lowest BCUT2D eigenvalue weighted by molar-refractivity contribution is 1.16. The van der Waals surface area contributed by atoms with Gasteiger partial charge in [-0.1, -0.05) is 12.2 Å². The van der Waals surface area contributed by atoms with E-state index in [-0.39, 0.29) is 0 Å². The van der Waals surface area contributed by atoms with Gasteiger partial charge in [-0.25, -0.2) is 0 Å². The lowest BCUT2D eigenvalue weighted by atomic mass is 10.2. The van der Waals surface area contributed by atoms with Crippen LogP contribution in [0.3, 0.4) is 0 Å². The summed E-state index contributed by atoms with van der Waals surface area (Å²) in [7, 11) is 0. The van der Waals surface area contributed by atoms with Gasteiger partial charge < -0.3 is 11.1 Å². The van der Waals surface area contributed by atoms with Crippen LogP contribution in [0.4, 0.5) is 5.69 Å². The van der Waals surface area contributed by atoms with E-state index in [0.29, 0.717) is 11.0 Å². The third-order valence-corrected chi connectivity index (χ3v) is 2.35. The van der Waals surface area contributed by atoms with Gasteiger partial charge in [0, 0.05) is 17.3 Å². The molecule has 0 spiro atoms. The number of nitrogens with two attached hydrogens (primary N) is 1. The fourth-order valence-electron chi connectivity index (χ4n) is 1.19. The van der Waals surface area contributed by atoms with Gasteiger partial charge in [-0.05, 0) is 37.1 Å². The van der Waals surface area contributed by atoms with E-state index < -0.39 is 0 Å². The zero-order chi connectivity index (χ0) is 9.26. The summed E-state index contributed by atoms with van der Waals surface area (Å²) in [5.74, 6) is 0. The van der Waals surface area contributed by atoms with Crippen LogP contribution in [-0.4, -0.2) is 11.0 Å². The van der Waals surface area contributed by atoms with Crippen molar-refractivity contribution in [1.82, 2.24) is 0 Å². The number of rotatable bonds is 3. The molecule has 0 amide bonds. The number of thiocarbonyl (C=S) groups is 1. The number of hydrogen-bond donors (Lipinski definition) is 2. The smallest absolute Gasteiger partial charge is 0.103 e. The summed E-state index contributed by atoms with van der Waals surface area (Å²) in [5, 5.41) is 3.40. The Morgan fingerprint density at radius 1 is 1.31 bits per heavy atom. The molecule has 68 valence electrons. The number of nitrogens with one attached hydrogen (secondary N) is 1. The molecular weight excluding hydrogens is 180 g/mol. The fraction of sp³-hybridized carbons (Fsp3) is 0.300. The van der Waals surface area contributed by atoms with Crippen LogP contribution < -0.4 is 11.1 Å². The van der Waals surface area contributed by atoms with Gasteiger partial charge >= 0.3 is 0 Å². The first-order valence-electron chi connectivity index (χ1n) is 4.42. The summed E-state index contributed by atoms with van der Waals surface area (Å²) < 4.78 is 0. The van der Waals surface area contributed by atoms with E-state index in [1.807, 2.05) is 24.3 Å². The standard InChI is InChI=1S/C10H12N2S/c11-10(13)7-1-3-8(4-2-7)12-9-5-6-9/h1-4,9,12H,5-6H2,(H2,11,13). The van der Waals surface area contributed by atoms with E-state index >= 15 is 0 Å². The topological polar surface area (TPSA) is 38.0 Å². The minimum Gasteiger partial charge on any atom is -0.389 e. The average molecular weight is 192 g/mol. The Bertz CT molecular complexity index is 314. The lowest BCUT2D eigenvalue weighted by Crippen LogP contribution is -2.09. The molecule has 0 saturated heterocycles. The maximum atomic E-state index is 5.49. The third-order valence-electron chi connectivity index (χ3n) is 2.12. The molecule has 1 saturated carbocycles. The molecule has 2 nitrogen and oxygen atoms in total. The molecule has 0 atom stereocenters. The van der Waals surface area contributed by atoms with Gasteiger partial charge in [0.1, 0.15) is 4.99 Å². The Labute approximate surface area is 83.1 Å². The second-order valence-corrected chi connectivity index (χ2v) is 3.80. The molecule has 1 aliphatic carbocycles. The first-order chi connectivity index (χ1) is 6.25. The summed E-state index contributed by atoms with van der Waals surface area (Å²) in [6.45, 7) is 0. The largest absolute Gasteiger partial charge is 0.389 e. The van der Waals surface area contributed by atoms with Crippen molar-refractivity contribution >= 4 is 22.9 Å². The summed E-state index contributed by atoms with van der Waals surface area (Å²) in [6, 6.07) is 8.63. The Morgan fingerprint density at radius 2 is 1.92 bits per heavy atom. The highest BCUT2D eigenvalue weighted by Gasteiger charge is 2.20. The van der Waals surface area contributed by atoms with Crippen molar-refractivity contribution in [3.05, 3.63) is 29.8 Å². The van der Waals surface area contributed by atoms with Crippen molar-refractivity contribution < 1.29 is 0 Å². The van der Waals surface area contributed by atoms with Gasteiger partial charge in [0.15, 0.2) is 0 Å². The molecule has 0 aliphatic heterocycles. The number of anilines is 1. The molecule has 3 heteroatoms. The van der Waals surface area contributed by atoms with Crippen LogP contribution in [0.2, 0.25) is 0 Å². The maximum absolute atomic E-state index is 5.49. The third kappa shape index (κ3) is 2.18. The molecule has 1 aromatic rings. The molecule has 0 radical (unpaired) electrons. The maximum Gasteiger partial charge on any atom is 0.103 e. The van der Waals surface area contributed by atoms with Crippen molar-refractivity contribution in [2.24, 2.45) is 5.73 Å². The highest BCUT2D eigenvalue weighted by atomic mass is 32.1. The SMILES string of the molecule is NC(=S)c1ccc(NC2CC2)cc1. The Morgan fingerprint density at radius 3 is 2.38 bits per heavy atom. The van der Waals surface area contributed by atoms with E-state index in [1.54, 1.807) is 0 Å². The molecule has 0 bridgehead atoms. The number of benzene rings is 1. The Kier molecular flexibility index (Phi) is 2.19. The van der Waals surface area contributed by atoms with Crippen molar-refractivity contribution in [3.63, 3.8) is 0 Å². The van der Waals surface area contributed by atoms with Crippen LogP contribution in [0.25, 0.3) is 0 Å². The van der Waals surface area contributed by atoms with Crippen LogP contribution in [0.15, 0.2) is 24.3 Å². The first-order valence-corrected chi connectivity index (χ1v) is 4.83. The van der Waals surface area contributed by atoms with Crippen molar-refractivity contribution in [2.45, 2.75) is 18.9 Å². The molecule has 1 aromatic carbocycles. The fourth-order valence-corrected chi connectivity index (χ4v) is 1.33. The summed E-state index contributed by atoms with van der Waals surface area (Å²) >= 11 is 4.86. The zero-order valence-corrected chi connectivity index (χ0v) is 8.10. The predicted molar refractivity (Wildman–Crippen MR) is 59.0 cm³/mol. The quantitative estimate of drug-likeness (QED) is 0.718. The van der Waals surface area contributed by atoms with Crippen molar-refractivity contribution in [2.75, 3.05) is 5.32 Å². The van der Waals surface area contributed by atoms with E-state index in [1.165, 1.54) is 12.8 Å². The predicted octanol–water partition coefficient (Wildman–Crippen LogP) is 1.90. The van der Waals surface area contributed by atoms with E-state index in [2.05, 4.69) is 5.32 Å². The van der Waals surface area contributed by atoms with E-state index in [9.17, 15) is 0 Å². The van der Waals surface area contributed by atoms with Crippen LogP contribution in [0.5, 0.6) is 0 Å². The van der Waals surface area contributed by atoms with E-state index in [4.69, 9.17) is 18.0 Å². The van der Waals surface area contributed by atoms with Crippen LogP contribution in [0, 0.1) is 0 Å². The molecule has 0 heterocycles. The summed E-state index contributed by atoms with van der Waals surface area (Å²) in [6.07, 6.45) is 2.58. The average Bonchev–Trinajstić information content (AvgIpc) is 2.89. The van der Waals surface area contributed by atoms with Gasteiger partial charge in [-0.15, -0.1) is 0 Å². The molecular formula is C10H12N2S. The molecule has 13 heavy (non-hydrogen) atoms. The molecule has 2 rings (SSSR count). The van der Waals surface area contributed by atoms with Crippen LogP contribution >= 0.6 is 12.2 Å². The normalized spacial score (nSPS) is 15.4. The monoisotopic (exact) mass is 192 g/mol. The van der Waals surface area contributed by atoms with Gasteiger partial charge in [0.2, 0.25) is 0 Å². The Hall–Kier alpha value is -1.09. The second kappa shape index (κ2) is 3.34. The lowest BCUT2D eigenvalue weighted by Gasteiger charge is -2.04. The molecule has 0 unspecified atom stereocenters. The van der Waals surface area contributed by atoms with Gasteiger partial charge in [0.05, 0.1) is 0 Å². The van der Waals surface area contributed by atoms with Crippen molar-refractivity contribution in [1.29, 1.82) is 0 Å². The Balaban J connectivity index is 2.08. The van der Waals surface area contributed by atoms with Gasteiger partial charge in [-0.3, -0.25) is 0 Å². The van der Waals surface area contributed by atoms with Gasteiger partial charge in [-0.2, -0.15) is 0 Å². The van der Waals surface area contributed by atoms with Crippen LogP contribution in [-0.2, 0) is 0 Å². The highest BCUT2D eigenvalue weighted by Crippen LogP contribution is 2.24.